The van der Waals surface area contributed by atoms with Crippen molar-refractivity contribution in [1.82, 2.24) is 5.32 Å². The molecule has 0 bridgehead atoms. The van der Waals surface area contributed by atoms with E-state index < -0.39 is 17.7 Å². The first kappa shape index (κ1) is 11.4. The maximum absolute atomic E-state index is 12.8. The molecular weight excluding hydrogens is 202 g/mol. The molecule has 0 spiro atoms. The predicted molar refractivity (Wildman–Crippen MR) is 53.5 cm³/mol. The number of likely N-dealkylation sites (N-methyl/N-ethyl adjacent to an activating group) is 1. The quantitative estimate of drug-likeness (QED) is 0.800. The zero-order valence-corrected chi connectivity index (χ0v) is 8.47. The number of amides is 1. The molecule has 0 saturated heterocycles. The van der Waals surface area contributed by atoms with E-state index in [1.165, 1.54) is 7.05 Å². The van der Waals surface area contributed by atoms with E-state index in [4.69, 9.17) is 0 Å². The van der Waals surface area contributed by atoms with Crippen molar-refractivity contribution in [3.05, 3.63) is 29.8 Å². The van der Waals surface area contributed by atoms with Crippen molar-refractivity contribution in [3.8, 4) is 0 Å². The number of hydrogen-bond donors (Lipinski definition) is 2. The van der Waals surface area contributed by atoms with Gasteiger partial charge in [0.1, 0.15) is 17.7 Å². The Labute approximate surface area is 86.5 Å². The van der Waals surface area contributed by atoms with E-state index in [2.05, 4.69) is 10.6 Å². The summed E-state index contributed by atoms with van der Waals surface area (Å²) in [5, 5.41) is 5.11. The van der Waals surface area contributed by atoms with E-state index in [0.29, 0.717) is 0 Å². The molecule has 0 saturated carbocycles. The van der Waals surface area contributed by atoms with Gasteiger partial charge in [0.05, 0.1) is 0 Å². The summed E-state index contributed by atoms with van der Waals surface area (Å²) < 4.78 is 25.6. The summed E-state index contributed by atoms with van der Waals surface area (Å²) in [6.07, 6.45) is 0. The zero-order chi connectivity index (χ0) is 11.4. The fraction of sp³-hybridized carbons (Fsp3) is 0.300. The van der Waals surface area contributed by atoms with Gasteiger partial charge in [-0.3, -0.25) is 4.79 Å². The average Bonchev–Trinajstić information content (AvgIpc) is 2.14. The Morgan fingerprint density at radius 3 is 2.27 bits per heavy atom. The number of nitrogens with one attached hydrogen (secondary N) is 2. The Balaban J connectivity index is 2.76. The molecule has 0 aliphatic heterocycles. The SMILES string of the molecule is CNC(=O)C(C)Nc1cc(F)cc(F)c1. The predicted octanol–water partition coefficient (Wildman–Crippen LogP) is 1.51. The smallest absolute Gasteiger partial charge is 0.241 e. The lowest BCUT2D eigenvalue weighted by atomic mass is 10.2. The van der Waals surface area contributed by atoms with E-state index in [-0.39, 0.29) is 11.6 Å². The van der Waals surface area contributed by atoms with Crippen LogP contribution in [0.4, 0.5) is 14.5 Å². The van der Waals surface area contributed by atoms with Gasteiger partial charge in [-0.15, -0.1) is 0 Å². The number of carbonyl (C=O) groups is 1. The van der Waals surface area contributed by atoms with Crippen LogP contribution in [0.15, 0.2) is 18.2 Å². The first-order valence-electron chi connectivity index (χ1n) is 4.47. The number of carbonyl (C=O) groups excluding carboxylic acids is 1. The summed E-state index contributed by atoms with van der Waals surface area (Å²) in [4.78, 5) is 11.1. The molecule has 1 unspecified atom stereocenters. The third kappa shape index (κ3) is 3.19. The molecule has 1 aromatic rings. The lowest BCUT2D eigenvalue weighted by molar-refractivity contribution is -0.121. The average molecular weight is 214 g/mol. The van der Waals surface area contributed by atoms with Crippen molar-refractivity contribution in [1.29, 1.82) is 0 Å². The molecule has 3 nitrogen and oxygen atoms in total. The molecule has 1 rings (SSSR count). The van der Waals surface area contributed by atoms with Crippen LogP contribution in [0, 0.1) is 11.6 Å². The molecule has 0 radical (unpaired) electrons. The van der Waals surface area contributed by atoms with Crippen LogP contribution < -0.4 is 10.6 Å². The Hall–Kier alpha value is -1.65. The van der Waals surface area contributed by atoms with Crippen molar-refractivity contribution in [3.63, 3.8) is 0 Å². The summed E-state index contributed by atoms with van der Waals surface area (Å²) in [5.74, 6) is -1.61. The number of anilines is 1. The molecule has 0 heterocycles. The molecule has 82 valence electrons. The van der Waals surface area contributed by atoms with Gasteiger partial charge in [-0.2, -0.15) is 0 Å². The van der Waals surface area contributed by atoms with Crippen molar-refractivity contribution in [2.45, 2.75) is 13.0 Å². The topological polar surface area (TPSA) is 41.1 Å². The number of halogens is 2. The first-order valence-corrected chi connectivity index (χ1v) is 4.47. The molecule has 0 aliphatic rings. The lowest BCUT2D eigenvalue weighted by Crippen LogP contribution is -2.35. The van der Waals surface area contributed by atoms with Crippen molar-refractivity contribution in [2.24, 2.45) is 0 Å². The maximum atomic E-state index is 12.8. The summed E-state index contributed by atoms with van der Waals surface area (Å²) in [7, 11) is 1.49. The molecule has 0 aliphatic carbocycles. The highest BCUT2D eigenvalue weighted by molar-refractivity contribution is 5.83. The van der Waals surface area contributed by atoms with Gasteiger partial charge in [0.15, 0.2) is 0 Å². The highest BCUT2D eigenvalue weighted by Gasteiger charge is 2.11. The molecule has 1 atom stereocenters. The van der Waals surface area contributed by atoms with Crippen molar-refractivity contribution >= 4 is 11.6 Å². The maximum Gasteiger partial charge on any atom is 0.241 e. The minimum absolute atomic E-state index is 0.239. The molecular formula is C10H12F2N2O. The normalized spacial score (nSPS) is 12.0. The minimum atomic E-state index is -0.679. The third-order valence-electron chi connectivity index (χ3n) is 1.89. The second-order valence-electron chi connectivity index (χ2n) is 3.14. The van der Waals surface area contributed by atoms with Gasteiger partial charge in [0.2, 0.25) is 5.91 Å². The Morgan fingerprint density at radius 1 is 1.27 bits per heavy atom. The van der Waals surface area contributed by atoms with Crippen LogP contribution in [0.2, 0.25) is 0 Å². The van der Waals surface area contributed by atoms with Crippen LogP contribution in [-0.2, 0) is 4.79 Å². The van der Waals surface area contributed by atoms with Gasteiger partial charge in [-0.25, -0.2) is 8.78 Å². The molecule has 2 N–H and O–H groups in total. The van der Waals surface area contributed by atoms with Crippen molar-refractivity contribution in [2.75, 3.05) is 12.4 Å². The van der Waals surface area contributed by atoms with Gasteiger partial charge in [-0.05, 0) is 19.1 Å². The van der Waals surface area contributed by atoms with Gasteiger partial charge in [0.25, 0.3) is 0 Å². The summed E-state index contributed by atoms with van der Waals surface area (Å²) in [6, 6.07) is 2.48. The summed E-state index contributed by atoms with van der Waals surface area (Å²) >= 11 is 0. The van der Waals surface area contributed by atoms with Crippen LogP contribution in [0.1, 0.15) is 6.92 Å². The van der Waals surface area contributed by atoms with E-state index in [1.807, 2.05) is 0 Å². The van der Waals surface area contributed by atoms with Gasteiger partial charge >= 0.3 is 0 Å². The first-order chi connectivity index (χ1) is 7.02. The monoisotopic (exact) mass is 214 g/mol. The standard InChI is InChI=1S/C10H12F2N2O/c1-6(10(15)13-2)14-9-4-7(11)3-8(12)5-9/h3-6,14H,1-2H3,(H,13,15). The highest BCUT2D eigenvalue weighted by Crippen LogP contribution is 2.13. The largest absolute Gasteiger partial charge is 0.374 e. The summed E-state index contributed by atoms with van der Waals surface area (Å²) in [6.45, 7) is 1.60. The van der Waals surface area contributed by atoms with E-state index in [1.54, 1.807) is 6.92 Å². The molecule has 1 aromatic carbocycles. The minimum Gasteiger partial charge on any atom is -0.374 e. The lowest BCUT2D eigenvalue weighted by Gasteiger charge is -2.13. The molecule has 1 amide bonds. The van der Waals surface area contributed by atoms with E-state index in [9.17, 15) is 13.6 Å². The Morgan fingerprint density at radius 2 is 1.80 bits per heavy atom. The van der Waals surface area contributed by atoms with E-state index >= 15 is 0 Å². The number of benzene rings is 1. The number of rotatable bonds is 3. The fourth-order valence-corrected chi connectivity index (χ4v) is 1.17. The van der Waals surface area contributed by atoms with Gasteiger partial charge in [0, 0.05) is 18.8 Å². The second-order valence-corrected chi connectivity index (χ2v) is 3.14. The highest BCUT2D eigenvalue weighted by atomic mass is 19.1. The van der Waals surface area contributed by atoms with Gasteiger partial charge < -0.3 is 10.6 Å². The molecule has 15 heavy (non-hydrogen) atoms. The molecule has 5 heteroatoms. The fourth-order valence-electron chi connectivity index (χ4n) is 1.17. The second kappa shape index (κ2) is 4.72. The number of hydrogen-bond acceptors (Lipinski definition) is 2. The third-order valence-corrected chi connectivity index (χ3v) is 1.89. The van der Waals surface area contributed by atoms with Crippen LogP contribution in [0.5, 0.6) is 0 Å². The Bertz CT molecular complexity index is 348. The molecule has 0 aromatic heterocycles. The van der Waals surface area contributed by atoms with Gasteiger partial charge in [-0.1, -0.05) is 0 Å². The zero-order valence-electron chi connectivity index (χ0n) is 8.47. The van der Waals surface area contributed by atoms with Crippen LogP contribution in [0.3, 0.4) is 0 Å². The summed E-state index contributed by atoms with van der Waals surface area (Å²) in [5.41, 5.74) is 0.239. The van der Waals surface area contributed by atoms with Crippen LogP contribution >= 0.6 is 0 Å². The molecule has 0 fully saturated rings. The van der Waals surface area contributed by atoms with E-state index in [0.717, 1.165) is 18.2 Å². The Kier molecular flexibility index (Phi) is 3.60. The van der Waals surface area contributed by atoms with Crippen LogP contribution in [0.25, 0.3) is 0 Å². The van der Waals surface area contributed by atoms with Crippen molar-refractivity contribution < 1.29 is 13.6 Å². The van der Waals surface area contributed by atoms with Crippen LogP contribution in [-0.4, -0.2) is 19.0 Å².